The first-order valence-corrected chi connectivity index (χ1v) is 8.70. The van der Waals surface area contributed by atoms with E-state index < -0.39 is 12.0 Å². The maximum absolute atomic E-state index is 12.9. The molecule has 2 aromatic rings. The van der Waals surface area contributed by atoms with Crippen molar-refractivity contribution in [2.45, 2.75) is 19.4 Å². The highest BCUT2D eigenvalue weighted by molar-refractivity contribution is 6.00. The van der Waals surface area contributed by atoms with Crippen LogP contribution >= 0.6 is 0 Å². The van der Waals surface area contributed by atoms with Crippen molar-refractivity contribution in [2.75, 3.05) is 18.0 Å². The second kappa shape index (κ2) is 7.90. The lowest BCUT2D eigenvalue weighted by Crippen LogP contribution is -2.32. The molecule has 1 aliphatic heterocycles. The number of nitrogens with one attached hydrogen (secondary N) is 2. The molecule has 2 aromatic carbocycles. The van der Waals surface area contributed by atoms with E-state index in [0.717, 1.165) is 5.56 Å². The molecule has 0 spiro atoms. The Balaban J connectivity index is 1.86. The van der Waals surface area contributed by atoms with Crippen LogP contribution in [0.15, 0.2) is 48.5 Å². The summed E-state index contributed by atoms with van der Waals surface area (Å²) in [6, 6.07) is 13.3. The summed E-state index contributed by atoms with van der Waals surface area (Å²) < 4.78 is 0. The van der Waals surface area contributed by atoms with Gasteiger partial charge in [0.15, 0.2) is 0 Å². The number of rotatable bonds is 6. The predicted octanol–water partition coefficient (Wildman–Crippen LogP) is 2.47. The molecule has 1 fully saturated rings. The lowest BCUT2D eigenvalue weighted by molar-refractivity contribution is -0.137. The van der Waals surface area contributed by atoms with Crippen molar-refractivity contribution >= 4 is 23.6 Å². The Bertz CT molecular complexity index is 867. The summed E-state index contributed by atoms with van der Waals surface area (Å²) in [7, 11) is 0. The lowest BCUT2D eigenvalue weighted by Gasteiger charge is -2.21. The lowest BCUT2D eigenvalue weighted by atomic mass is 10.0. The molecule has 27 heavy (non-hydrogen) atoms. The van der Waals surface area contributed by atoms with Crippen LogP contribution in [0.1, 0.15) is 33.9 Å². The minimum absolute atomic E-state index is 0.191. The van der Waals surface area contributed by atoms with Crippen molar-refractivity contribution < 1.29 is 19.5 Å². The van der Waals surface area contributed by atoms with Crippen LogP contribution in [0.25, 0.3) is 0 Å². The van der Waals surface area contributed by atoms with Crippen molar-refractivity contribution in [3.05, 3.63) is 65.2 Å². The van der Waals surface area contributed by atoms with Crippen LogP contribution < -0.4 is 15.5 Å². The van der Waals surface area contributed by atoms with Gasteiger partial charge in [0.2, 0.25) is 0 Å². The molecule has 0 aromatic heterocycles. The summed E-state index contributed by atoms with van der Waals surface area (Å²) in [5.41, 5.74) is 2.49. The van der Waals surface area contributed by atoms with E-state index in [0.29, 0.717) is 29.9 Å². The Morgan fingerprint density at radius 1 is 1.19 bits per heavy atom. The van der Waals surface area contributed by atoms with Crippen molar-refractivity contribution in [3.8, 4) is 0 Å². The number of carbonyl (C=O) groups excluding carboxylic acids is 2. The maximum atomic E-state index is 12.9. The van der Waals surface area contributed by atoms with Gasteiger partial charge >= 0.3 is 12.0 Å². The van der Waals surface area contributed by atoms with Crippen molar-refractivity contribution in [1.29, 1.82) is 0 Å². The summed E-state index contributed by atoms with van der Waals surface area (Å²) in [6.45, 7) is 2.88. The normalized spacial score (nSPS) is 14.6. The number of hydrogen-bond acceptors (Lipinski definition) is 3. The molecule has 0 bridgehead atoms. The Morgan fingerprint density at radius 3 is 2.56 bits per heavy atom. The second-order valence-corrected chi connectivity index (χ2v) is 6.37. The number of carboxylic acids is 1. The Hall–Kier alpha value is -3.35. The van der Waals surface area contributed by atoms with E-state index in [2.05, 4.69) is 10.6 Å². The average molecular weight is 367 g/mol. The topological polar surface area (TPSA) is 98.7 Å². The molecule has 0 unspecified atom stereocenters. The first-order valence-electron chi connectivity index (χ1n) is 8.70. The van der Waals surface area contributed by atoms with Crippen LogP contribution in [0.4, 0.5) is 10.5 Å². The summed E-state index contributed by atoms with van der Waals surface area (Å²) >= 11 is 0. The van der Waals surface area contributed by atoms with Gasteiger partial charge in [-0.2, -0.15) is 0 Å². The number of aliphatic carboxylic acids is 1. The third kappa shape index (κ3) is 4.08. The molecular formula is C20H21N3O4. The molecule has 140 valence electrons. The van der Waals surface area contributed by atoms with Gasteiger partial charge in [-0.3, -0.25) is 14.5 Å². The Morgan fingerprint density at radius 2 is 1.93 bits per heavy atom. The quantitative estimate of drug-likeness (QED) is 0.730. The molecule has 7 heteroatoms. The summed E-state index contributed by atoms with van der Waals surface area (Å²) in [5.74, 6) is -1.37. The fraction of sp³-hybridized carbons (Fsp3) is 0.250. The van der Waals surface area contributed by atoms with E-state index in [-0.39, 0.29) is 18.4 Å². The standard InChI is InChI=1S/C20H21N3O4/c1-13-15(8-5-9-17(13)23-11-10-21-20(23)27)19(26)22-16(12-18(24)25)14-6-3-2-4-7-14/h2-9,16H,10-12H2,1H3,(H,21,27)(H,22,26)(H,24,25)/t16-/m1/s1. The van der Waals surface area contributed by atoms with Crippen LogP contribution in [-0.4, -0.2) is 36.1 Å². The number of carboxylic acid groups (broad SMARTS) is 1. The number of nitrogens with zero attached hydrogens (tertiary/aromatic N) is 1. The highest BCUT2D eigenvalue weighted by Crippen LogP contribution is 2.25. The molecular weight excluding hydrogens is 346 g/mol. The number of urea groups is 1. The molecule has 0 saturated carbocycles. The largest absolute Gasteiger partial charge is 0.481 e. The van der Waals surface area contributed by atoms with Crippen molar-refractivity contribution in [3.63, 3.8) is 0 Å². The zero-order chi connectivity index (χ0) is 19.4. The zero-order valence-electron chi connectivity index (χ0n) is 14.9. The minimum atomic E-state index is -0.997. The van der Waals surface area contributed by atoms with Gasteiger partial charge in [-0.1, -0.05) is 36.4 Å². The van der Waals surface area contributed by atoms with Gasteiger partial charge in [-0.25, -0.2) is 4.79 Å². The maximum Gasteiger partial charge on any atom is 0.322 e. The molecule has 0 radical (unpaired) electrons. The minimum Gasteiger partial charge on any atom is -0.481 e. The molecule has 3 N–H and O–H groups in total. The SMILES string of the molecule is Cc1c(C(=O)N[C@H](CC(=O)O)c2ccccc2)cccc1N1CCNC1=O. The first kappa shape index (κ1) is 18.4. The predicted molar refractivity (Wildman–Crippen MR) is 101 cm³/mol. The summed E-state index contributed by atoms with van der Waals surface area (Å²) in [4.78, 5) is 37.6. The van der Waals surface area contributed by atoms with E-state index in [4.69, 9.17) is 0 Å². The van der Waals surface area contributed by atoms with Gasteiger partial charge < -0.3 is 15.7 Å². The van der Waals surface area contributed by atoms with Crippen LogP contribution in [0.2, 0.25) is 0 Å². The van der Waals surface area contributed by atoms with Crippen LogP contribution in [-0.2, 0) is 4.79 Å². The molecule has 1 aliphatic rings. The van der Waals surface area contributed by atoms with E-state index in [1.165, 1.54) is 0 Å². The number of anilines is 1. The molecule has 1 saturated heterocycles. The van der Waals surface area contributed by atoms with E-state index in [9.17, 15) is 19.5 Å². The van der Waals surface area contributed by atoms with E-state index >= 15 is 0 Å². The van der Waals surface area contributed by atoms with Crippen LogP contribution in [0.3, 0.4) is 0 Å². The van der Waals surface area contributed by atoms with Gasteiger partial charge in [-0.05, 0) is 30.2 Å². The molecule has 3 amide bonds. The molecule has 1 heterocycles. The van der Waals surface area contributed by atoms with Crippen LogP contribution in [0.5, 0.6) is 0 Å². The van der Waals surface area contributed by atoms with Gasteiger partial charge in [0.1, 0.15) is 0 Å². The fourth-order valence-corrected chi connectivity index (χ4v) is 3.21. The van der Waals surface area contributed by atoms with Crippen molar-refractivity contribution in [1.82, 2.24) is 10.6 Å². The number of hydrogen-bond donors (Lipinski definition) is 3. The smallest absolute Gasteiger partial charge is 0.322 e. The van der Waals surface area contributed by atoms with Crippen LogP contribution in [0, 0.1) is 6.92 Å². The van der Waals surface area contributed by atoms with Gasteiger partial charge in [0.05, 0.1) is 12.5 Å². The van der Waals surface area contributed by atoms with Gasteiger partial charge in [0, 0.05) is 24.3 Å². The zero-order valence-corrected chi connectivity index (χ0v) is 14.9. The number of benzene rings is 2. The van der Waals surface area contributed by atoms with Gasteiger partial charge in [0.25, 0.3) is 5.91 Å². The van der Waals surface area contributed by atoms with E-state index in [1.807, 2.05) is 6.07 Å². The molecule has 0 aliphatic carbocycles. The molecule has 1 atom stereocenters. The highest BCUT2D eigenvalue weighted by atomic mass is 16.4. The average Bonchev–Trinajstić information content (AvgIpc) is 3.07. The monoisotopic (exact) mass is 367 g/mol. The highest BCUT2D eigenvalue weighted by Gasteiger charge is 2.25. The number of amides is 3. The summed E-state index contributed by atoms with van der Waals surface area (Å²) in [6.07, 6.45) is -0.219. The molecule has 7 nitrogen and oxygen atoms in total. The third-order valence-electron chi connectivity index (χ3n) is 4.58. The molecule has 3 rings (SSSR count). The fourth-order valence-electron chi connectivity index (χ4n) is 3.21. The summed E-state index contributed by atoms with van der Waals surface area (Å²) in [5, 5.41) is 14.8. The first-order chi connectivity index (χ1) is 13.0. The third-order valence-corrected chi connectivity index (χ3v) is 4.58. The van der Waals surface area contributed by atoms with Gasteiger partial charge in [-0.15, -0.1) is 0 Å². The van der Waals surface area contributed by atoms with E-state index in [1.54, 1.807) is 54.3 Å². The second-order valence-electron chi connectivity index (χ2n) is 6.37. The van der Waals surface area contributed by atoms with Crippen molar-refractivity contribution in [2.24, 2.45) is 0 Å². The Labute approximate surface area is 157 Å². The Kier molecular flexibility index (Phi) is 5.40. The number of carbonyl (C=O) groups is 3.